The zero-order valence-corrected chi connectivity index (χ0v) is 17.5. The lowest BCUT2D eigenvalue weighted by atomic mass is 9.89. The van der Waals surface area contributed by atoms with Crippen molar-refractivity contribution < 1.29 is 4.74 Å². The first-order valence-corrected chi connectivity index (χ1v) is 11.0. The van der Waals surface area contributed by atoms with Gasteiger partial charge in [0, 0.05) is 10.4 Å². The lowest BCUT2D eigenvalue weighted by Gasteiger charge is -2.29. The van der Waals surface area contributed by atoms with Gasteiger partial charge < -0.3 is 4.74 Å². The topological polar surface area (TPSA) is 9.23 Å². The van der Waals surface area contributed by atoms with Gasteiger partial charge in [-0.2, -0.15) is 0 Å². The molecule has 140 valence electrons. The van der Waals surface area contributed by atoms with Gasteiger partial charge in [-0.15, -0.1) is 0 Å². The number of unbranched alkanes of at least 4 members (excludes halogenated alkanes) is 4. The Hall–Kier alpha value is -1.12. The van der Waals surface area contributed by atoms with Gasteiger partial charge in [0.2, 0.25) is 0 Å². The van der Waals surface area contributed by atoms with Crippen LogP contribution in [0.1, 0.15) is 69.8 Å². The van der Waals surface area contributed by atoms with Gasteiger partial charge in [0.25, 0.3) is 0 Å². The average molecular weight is 415 g/mol. The maximum absolute atomic E-state index is 6.17. The summed E-state index contributed by atoms with van der Waals surface area (Å²) >= 11 is 3.50. The van der Waals surface area contributed by atoms with Gasteiger partial charge in [0.1, 0.15) is 0 Å². The fourth-order valence-corrected chi connectivity index (χ4v) is 4.13. The standard InChI is InChI=1S/C24H31BrO/c1-2-3-4-5-6-7-24-17-14-22(18-26-24)21-10-8-19(9-11-21)20-12-15-23(25)16-13-20/h8-13,15-16,22,24H,2-7,14,17-18H2,1H3. The summed E-state index contributed by atoms with van der Waals surface area (Å²) in [5.74, 6) is 0.560. The number of halogens is 1. The molecule has 0 bridgehead atoms. The second-order valence-corrected chi connectivity index (χ2v) is 8.48. The number of hydrogen-bond acceptors (Lipinski definition) is 1. The van der Waals surface area contributed by atoms with E-state index in [2.05, 4.69) is 71.4 Å². The van der Waals surface area contributed by atoms with Gasteiger partial charge in [-0.1, -0.05) is 91.4 Å². The van der Waals surface area contributed by atoms with Crippen molar-refractivity contribution in [2.75, 3.05) is 6.61 Å². The summed E-state index contributed by atoms with van der Waals surface area (Å²) in [6.45, 7) is 3.16. The van der Waals surface area contributed by atoms with E-state index in [9.17, 15) is 0 Å². The van der Waals surface area contributed by atoms with E-state index in [1.54, 1.807) is 0 Å². The zero-order chi connectivity index (χ0) is 18.2. The Morgan fingerprint density at radius 3 is 2.12 bits per heavy atom. The predicted molar refractivity (Wildman–Crippen MR) is 115 cm³/mol. The van der Waals surface area contributed by atoms with Crippen LogP contribution in [-0.4, -0.2) is 12.7 Å². The SMILES string of the molecule is CCCCCCCC1CCC(c2ccc(-c3ccc(Br)cc3)cc2)CO1. The number of rotatable bonds is 8. The quantitative estimate of drug-likeness (QED) is 0.401. The van der Waals surface area contributed by atoms with Crippen molar-refractivity contribution in [1.82, 2.24) is 0 Å². The van der Waals surface area contributed by atoms with Gasteiger partial charge >= 0.3 is 0 Å². The Kier molecular flexibility index (Phi) is 7.76. The van der Waals surface area contributed by atoms with Crippen LogP contribution in [0.4, 0.5) is 0 Å². The molecule has 2 atom stereocenters. The average Bonchev–Trinajstić information content (AvgIpc) is 2.69. The molecule has 2 aromatic rings. The van der Waals surface area contributed by atoms with Gasteiger partial charge in [-0.05, 0) is 48.1 Å². The Bertz CT molecular complexity index is 639. The van der Waals surface area contributed by atoms with Gasteiger partial charge in [-0.3, -0.25) is 0 Å². The highest BCUT2D eigenvalue weighted by Crippen LogP contribution is 2.31. The molecule has 0 aliphatic carbocycles. The monoisotopic (exact) mass is 414 g/mol. The van der Waals surface area contributed by atoms with E-state index in [0.29, 0.717) is 12.0 Å². The van der Waals surface area contributed by atoms with Crippen molar-refractivity contribution in [3.8, 4) is 11.1 Å². The second kappa shape index (κ2) is 10.3. The van der Waals surface area contributed by atoms with Crippen LogP contribution < -0.4 is 0 Å². The molecule has 0 amide bonds. The molecule has 1 heterocycles. The van der Waals surface area contributed by atoms with E-state index in [1.807, 2.05) is 0 Å². The molecule has 1 saturated heterocycles. The Morgan fingerprint density at radius 1 is 0.846 bits per heavy atom. The van der Waals surface area contributed by atoms with Crippen molar-refractivity contribution in [2.45, 2.75) is 70.3 Å². The molecule has 2 unspecified atom stereocenters. The summed E-state index contributed by atoms with van der Waals surface area (Å²) in [6, 6.07) is 17.6. The smallest absolute Gasteiger partial charge is 0.0575 e. The zero-order valence-electron chi connectivity index (χ0n) is 15.9. The molecule has 0 spiro atoms. The number of hydrogen-bond donors (Lipinski definition) is 0. The van der Waals surface area contributed by atoms with E-state index in [4.69, 9.17) is 4.74 Å². The van der Waals surface area contributed by atoms with Crippen molar-refractivity contribution in [3.63, 3.8) is 0 Å². The summed E-state index contributed by atoms with van der Waals surface area (Å²) in [5.41, 5.74) is 3.97. The predicted octanol–water partition coefficient (Wildman–Crippen LogP) is 7.74. The molecule has 1 aliphatic heterocycles. The second-order valence-electron chi connectivity index (χ2n) is 7.56. The number of ether oxygens (including phenoxy) is 1. The van der Waals surface area contributed by atoms with E-state index in [-0.39, 0.29) is 0 Å². The number of benzene rings is 2. The first-order chi connectivity index (χ1) is 12.8. The third-order valence-corrected chi connectivity index (χ3v) is 6.09. The molecule has 2 heteroatoms. The van der Waals surface area contributed by atoms with Crippen LogP contribution in [0, 0.1) is 0 Å². The molecule has 0 saturated carbocycles. The van der Waals surface area contributed by atoms with E-state index >= 15 is 0 Å². The minimum atomic E-state index is 0.495. The highest BCUT2D eigenvalue weighted by Gasteiger charge is 2.22. The fraction of sp³-hybridized carbons (Fsp3) is 0.500. The van der Waals surface area contributed by atoms with E-state index in [0.717, 1.165) is 11.1 Å². The Morgan fingerprint density at radius 2 is 1.50 bits per heavy atom. The van der Waals surface area contributed by atoms with Crippen LogP contribution in [0.25, 0.3) is 11.1 Å². The summed E-state index contributed by atoms with van der Waals surface area (Å²) in [5, 5.41) is 0. The van der Waals surface area contributed by atoms with Gasteiger partial charge in [0.15, 0.2) is 0 Å². The molecule has 1 nitrogen and oxygen atoms in total. The molecule has 0 radical (unpaired) electrons. The molecule has 3 rings (SSSR count). The van der Waals surface area contributed by atoms with Crippen LogP contribution in [0.5, 0.6) is 0 Å². The van der Waals surface area contributed by atoms with Crippen LogP contribution in [0.15, 0.2) is 53.0 Å². The largest absolute Gasteiger partial charge is 0.378 e. The maximum atomic E-state index is 6.17. The fourth-order valence-electron chi connectivity index (χ4n) is 3.86. The molecule has 1 fully saturated rings. The van der Waals surface area contributed by atoms with Crippen LogP contribution in [0.2, 0.25) is 0 Å². The third kappa shape index (κ3) is 5.69. The minimum Gasteiger partial charge on any atom is -0.378 e. The third-order valence-electron chi connectivity index (χ3n) is 5.56. The molecule has 26 heavy (non-hydrogen) atoms. The molecule has 1 aliphatic rings. The Labute approximate surface area is 167 Å². The molecular weight excluding hydrogens is 384 g/mol. The van der Waals surface area contributed by atoms with Crippen molar-refractivity contribution in [1.29, 1.82) is 0 Å². The van der Waals surface area contributed by atoms with Crippen molar-refractivity contribution in [3.05, 3.63) is 58.6 Å². The van der Waals surface area contributed by atoms with Gasteiger partial charge in [0.05, 0.1) is 12.7 Å². The van der Waals surface area contributed by atoms with Crippen LogP contribution in [-0.2, 0) is 4.74 Å². The van der Waals surface area contributed by atoms with Crippen molar-refractivity contribution >= 4 is 15.9 Å². The van der Waals surface area contributed by atoms with E-state index < -0.39 is 0 Å². The molecule has 2 aromatic carbocycles. The van der Waals surface area contributed by atoms with E-state index in [1.165, 1.54) is 68.1 Å². The first kappa shape index (κ1) is 19.6. The normalized spacial score (nSPS) is 20.2. The lowest BCUT2D eigenvalue weighted by Crippen LogP contribution is -2.24. The lowest BCUT2D eigenvalue weighted by molar-refractivity contribution is -0.00213. The van der Waals surface area contributed by atoms with Gasteiger partial charge in [-0.25, -0.2) is 0 Å². The molecule has 0 aromatic heterocycles. The minimum absolute atomic E-state index is 0.495. The highest BCUT2D eigenvalue weighted by atomic mass is 79.9. The summed E-state index contributed by atoms with van der Waals surface area (Å²) in [6.07, 6.45) is 11.0. The summed E-state index contributed by atoms with van der Waals surface area (Å²) < 4.78 is 7.30. The summed E-state index contributed by atoms with van der Waals surface area (Å²) in [7, 11) is 0. The maximum Gasteiger partial charge on any atom is 0.0575 e. The van der Waals surface area contributed by atoms with Crippen LogP contribution in [0.3, 0.4) is 0 Å². The highest BCUT2D eigenvalue weighted by molar-refractivity contribution is 9.10. The first-order valence-electron chi connectivity index (χ1n) is 10.2. The Balaban J connectivity index is 1.46. The molecular formula is C24H31BrO. The molecule has 0 N–H and O–H groups in total. The van der Waals surface area contributed by atoms with Crippen LogP contribution >= 0.6 is 15.9 Å². The summed E-state index contributed by atoms with van der Waals surface area (Å²) in [4.78, 5) is 0. The van der Waals surface area contributed by atoms with Crippen molar-refractivity contribution in [2.24, 2.45) is 0 Å².